The van der Waals surface area contributed by atoms with E-state index in [1.54, 1.807) is 29.1 Å². The summed E-state index contributed by atoms with van der Waals surface area (Å²) in [5.41, 5.74) is 1.59. The molecular formula is C18H14FN3O2. The molecule has 0 atom stereocenters. The maximum Gasteiger partial charge on any atom is 0.434 e. The highest BCUT2D eigenvalue weighted by Crippen LogP contribution is 2.05. The van der Waals surface area contributed by atoms with Gasteiger partial charge in [0.2, 0.25) is 0 Å². The summed E-state index contributed by atoms with van der Waals surface area (Å²) < 4.78 is 19.5. The SMILES string of the molecule is O=C(/N=c1\ccn(-c2ccccc2)nc1)OCc1ccc(F)cc1. The molecule has 2 aromatic carbocycles. The summed E-state index contributed by atoms with van der Waals surface area (Å²) in [4.78, 5) is 15.5. The molecule has 0 saturated carbocycles. The summed E-state index contributed by atoms with van der Waals surface area (Å²) in [6, 6.07) is 17.0. The highest BCUT2D eigenvalue weighted by atomic mass is 19.1. The van der Waals surface area contributed by atoms with Gasteiger partial charge in [-0.2, -0.15) is 10.1 Å². The number of benzene rings is 2. The molecule has 1 amide bonds. The van der Waals surface area contributed by atoms with Crippen LogP contribution in [0.5, 0.6) is 0 Å². The minimum atomic E-state index is -0.724. The third-order valence-electron chi connectivity index (χ3n) is 3.22. The predicted molar refractivity (Wildman–Crippen MR) is 85.7 cm³/mol. The lowest BCUT2D eigenvalue weighted by Gasteiger charge is -2.03. The minimum Gasteiger partial charge on any atom is -0.443 e. The van der Waals surface area contributed by atoms with Gasteiger partial charge in [0.05, 0.1) is 17.2 Å². The van der Waals surface area contributed by atoms with Crippen LogP contribution in [-0.4, -0.2) is 15.9 Å². The van der Waals surface area contributed by atoms with Crippen molar-refractivity contribution in [3.05, 3.63) is 89.8 Å². The average Bonchev–Trinajstić information content (AvgIpc) is 2.63. The van der Waals surface area contributed by atoms with E-state index in [1.807, 2.05) is 30.3 Å². The Morgan fingerprint density at radius 3 is 2.50 bits per heavy atom. The molecule has 1 heterocycles. The number of amides is 1. The van der Waals surface area contributed by atoms with Gasteiger partial charge in [-0.05, 0) is 35.9 Å². The van der Waals surface area contributed by atoms with Gasteiger partial charge in [-0.3, -0.25) is 0 Å². The van der Waals surface area contributed by atoms with E-state index in [9.17, 15) is 9.18 Å². The van der Waals surface area contributed by atoms with Crippen molar-refractivity contribution >= 4 is 6.09 Å². The number of ether oxygens (including phenoxy) is 1. The molecule has 3 aromatic rings. The first-order valence-corrected chi connectivity index (χ1v) is 7.27. The molecule has 120 valence electrons. The number of rotatable bonds is 3. The monoisotopic (exact) mass is 323 g/mol. The number of carbonyl (C=O) groups excluding carboxylic acids is 1. The van der Waals surface area contributed by atoms with Crippen molar-refractivity contribution in [2.75, 3.05) is 0 Å². The van der Waals surface area contributed by atoms with E-state index in [-0.39, 0.29) is 12.4 Å². The number of para-hydroxylation sites is 1. The van der Waals surface area contributed by atoms with Crippen molar-refractivity contribution in [2.24, 2.45) is 4.99 Å². The van der Waals surface area contributed by atoms with Crippen molar-refractivity contribution in [2.45, 2.75) is 6.61 Å². The van der Waals surface area contributed by atoms with Crippen LogP contribution in [0.15, 0.2) is 78.0 Å². The highest BCUT2D eigenvalue weighted by molar-refractivity contribution is 5.68. The molecule has 0 spiro atoms. The zero-order chi connectivity index (χ0) is 16.8. The van der Waals surface area contributed by atoms with Crippen LogP contribution in [0.3, 0.4) is 0 Å². The smallest absolute Gasteiger partial charge is 0.434 e. The summed E-state index contributed by atoms with van der Waals surface area (Å²) in [6.07, 6.45) is 2.46. The Morgan fingerprint density at radius 2 is 1.83 bits per heavy atom. The largest absolute Gasteiger partial charge is 0.443 e. The third-order valence-corrected chi connectivity index (χ3v) is 3.22. The fourth-order valence-electron chi connectivity index (χ4n) is 2.01. The highest BCUT2D eigenvalue weighted by Gasteiger charge is 2.01. The molecule has 0 aliphatic rings. The van der Waals surface area contributed by atoms with Gasteiger partial charge in [-0.15, -0.1) is 0 Å². The van der Waals surface area contributed by atoms with Gasteiger partial charge < -0.3 is 4.74 Å². The van der Waals surface area contributed by atoms with Gasteiger partial charge in [-0.25, -0.2) is 13.9 Å². The van der Waals surface area contributed by atoms with Crippen LogP contribution in [0.25, 0.3) is 5.69 Å². The van der Waals surface area contributed by atoms with Crippen LogP contribution in [-0.2, 0) is 11.3 Å². The Hall–Kier alpha value is -3.28. The van der Waals surface area contributed by atoms with Crippen LogP contribution < -0.4 is 5.36 Å². The molecule has 3 rings (SSSR count). The first-order valence-electron chi connectivity index (χ1n) is 7.27. The van der Waals surface area contributed by atoms with E-state index in [2.05, 4.69) is 10.1 Å². The zero-order valence-corrected chi connectivity index (χ0v) is 12.7. The number of nitrogens with zero attached hydrogens (tertiary/aromatic N) is 3. The number of hydrogen-bond acceptors (Lipinski definition) is 3. The lowest BCUT2D eigenvalue weighted by Crippen LogP contribution is -2.12. The molecule has 0 N–H and O–H groups in total. The second kappa shape index (κ2) is 7.32. The molecule has 0 aliphatic heterocycles. The van der Waals surface area contributed by atoms with Crippen molar-refractivity contribution in [1.82, 2.24) is 9.78 Å². The molecule has 6 heteroatoms. The summed E-state index contributed by atoms with van der Waals surface area (Å²) in [5.74, 6) is -0.336. The van der Waals surface area contributed by atoms with Gasteiger partial charge in [0.1, 0.15) is 12.4 Å². The molecule has 0 unspecified atom stereocenters. The van der Waals surface area contributed by atoms with Crippen molar-refractivity contribution < 1.29 is 13.9 Å². The Balaban J connectivity index is 1.65. The lowest BCUT2D eigenvalue weighted by molar-refractivity contribution is 0.150. The predicted octanol–water partition coefficient (Wildman–Crippen LogP) is 3.25. The van der Waals surface area contributed by atoms with Gasteiger partial charge >= 0.3 is 6.09 Å². The Morgan fingerprint density at radius 1 is 1.08 bits per heavy atom. The number of carbonyl (C=O) groups is 1. The lowest BCUT2D eigenvalue weighted by atomic mass is 10.2. The molecular weight excluding hydrogens is 309 g/mol. The topological polar surface area (TPSA) is 56.5 Å². The van der Waals surface area contributed by atoms with Gasteiger partial charge in [-0.1, -0.05) is 30.3 Å². The normalized spacial score (nSPS) is 11.3. The van der Waals surface area contributed by atoms with Crippen molar-refractivity contribution in [3.63, 3.8) is 0 Å². The fraction of sp³-hybridized carbons (Fsp3) is 0.0556. The van der Waals surface area contributed by atoms with Crippen LogP contribution in [0.2, 0.25) is 0 Å². The van der Waals surface area contributed by atoms with Crippen molar-refractivity contribution in [1.29, 1.82) is 0 Å². The van der Waals surface area contributed by atoms with Crippen LogP contribution in [0, 0.1) is 5.82 Å². The van der Waals surface area contributed by atoms with Gasteiger partial charge in [0.25, 0.3) is 0 Å². The van der Waals surface area contributed by atoms with E-state index in [1.165, 1.54) is 18.3 Å². The molecule has 0 fully saturated rings. The van der Waals surface area contributed by atoms with Crippen LogP contribution in [0.1, 0.15) is 5.56 Å². The summed E-state index contributed by atoms with van der Waals surface area (Å²) in [5, 5.41) is 4.60. The molecule has 0 aliphatic carbocycles. The van der Waals surface area contributed by atoms with Crippen LogP contribution in [0.4, 0.5) is 9.18 Å². The number of hydrogen-bond donors (Lipinski definition) is 0. The Labute approximate surface area is 137 Å². The number of halogens is 1. The summed E-state index contributed by atoms with van der Waals surface area (Å²) in [7, 11) is 0. The summed E-state index contributed by atoms with van der Waals surface area (Å²) >= 11 is 0. The van der Waals surface area contributed by atoms with E-state index in [0.29, 0.717) is 10.9 Å². The molecule has 5 nitrogen and oxygen atoms in total. The first kappa shape index (κ1) is 15.6. The molecule has 0 radical (unpaired) electrons. The van der Waals surface area contributed by atoms with E-state index in [4.69, 9.17) is 4.74 Å². The van der Waals surface area contributed by atoms with Gasteiger partial charge in [0.15, 0.2) is 0 Å². The van der Waals surface area contributed by atoms with Gasteiger partial charge in [0, 0.05) is 6.20 Å². The molecule has 24 heavy (non-hydrogen) atoms. The second-order valence-corrected chi connectivity index (χ2v) is 4.96. The summed E-state index contributed by atoms with van der Waals surface area (Å²) in [6.45, 7) is 0.0346. The molecule has 1 aromatic heterocycles. The standard InChI is InChI=1S/C18H14FN3O2/c19-15-8-6-14(7-9-15)13-24-18(23)21-16-10-11-22(20-12-16)17-4-2-1-3-5-17/h1-12H,13H2/b21-16+. The Bertz CT molecular complexity index is 870. The van der Waals surface area contributed by atoms with Crippen LogP contribution >= 0.6 is 0 Å². The van der Waals surface area contributed by atoms with E-state index in [0.717, 1.165) is 5.69 Å². The Kier molecular flexibility index (Phi) is 4.76. The average molecular weight is 323 g/mol. The van der Waals surface area contributed by atoms with Crippen molar-refractivity contribution in [3.8, 4) is 5.69 Å². The first-order chi connectivity index (χ1) is 11.7. The quantitative estimate of drug-likeness (QED) is 0.743. The van der Waals surface area contributed by atoms with E-state index >= 15 is 0 Å². The third kappa shape index (κ3) is 4.13. The van der Waals surface area contributed by atoms with E-state index < -0.39 is 6.09 Å². The minimum absolute atomic E-state index is 0.0346. The molecule has 0 bridgehead atoms. The number of aromatic nitrogens is 2. The maximum atomic E-state index is 12.8. The maximum absolute atomic E-state index is 12.8. The second-order valence-electron chi connectivity index (χ2n) is 4.96. The fourth-order valence-corrected chi connectivity index (χ4v) is 2.01. The molecule has 0 saturated heterocycles. The zero-order valence-electron chi connectivity index (χ0n) is 12.7.